The Morgan fingerprint density at radius 2 is 1.01 bits per heavy atom. The highest BCUT2D eigenvalue weighted by molar-refractivity contribution is 6.13. The van der Waals surface area contributed by atoms with Gasteiger partial charge >= 0.3 is 12.1 Å². The molecule has 0 saturated heterocycles. The largest absolute Gasteiger partial charge is 0.458 e. The number of hydrogen-bond donors (Lipinski definition) is 4. The Morgan fingerprint density at radius 1 is 0.545 bits per heavy atom. The number of carbonyl (C=O) groups is 18. The van der Waals surface area contributed by atoms with Gasteiger partial charge in [-0.2, -0.15) is 0 Å². The van der Waals surface area contributed by atoms with E-state index in [-0.39, 0.29) is 88.0 Å². The van der Waals surface area contributed by atoms with E-state index in [4.69, 9.17) is 14.5 Å². The van der Waals surface area contributed by atoms with Crippen molar-refractivity contribution in [2.75, 3.05) is 161 Å². The molecule has 3 atom stereocenters. The summed E-state index contributed by atoms with van der Waals surface area (Å²) in [5.74, 6) is -10.6. The van der Waals surface area contributed by atoms with Crippen LogP contribution in [0.15, 0.2) is 65.5 Å². The minimum Gasteiger partial charge on any atom is -0.458 e. The number of hydrogen-bond acceptors (Lipinski definition) is 23. The van der Waals surface area contributed by atoms with Crippen LogP contribution in [0.5, 0.6) is 0 Å². The Balaban J connectivity index is 0.944. The maximum Gasteiger partial charge on any atom is 0.410 e. The zero-order valence-corrected chi connectivity index (χ0v) is 72.7. The van der Waals surface area contributed by atoms with E-state index in [9.17, 15) is 96.2 Å². The number of likely N-dealkylation sites (N-methyl/N-ethyl adjacent to an activating group) is 11. The van der Waals surface area contributed by atoms with Crippen LogP contribution in [0.1, 0.15) is 107 Å². The number of pyridine rings is 2. The summed E-state index contributed by atoms with van der Waals surface area (Å²) in [5.41, 5.74) is 3.76. The van der Waals surface area contributed by atoms with Gasteiger partial charge in [0.15, 0.2) is 6.10 Å². The fourth-order valence-corrected chi connectivity index (χ4v) is 13.2. The van der Waals surface area contributed by atoms with Crippen LogP contribution in [0.25, 0.3) is 22.3 Å². The average molecular weight is 1710 g/mol. The van der Waals surface area contributed by atoms with Crippen molar-refractivity contribution < 1.29 is 101 Å². The van der Waals surface area contributed by atoms with Crippen LogP contribution in [-0.2, 0) is 124 Å². The van der Waals surface area contributed by atoms with Gasteiger partial charge in [0.05, 0.1) is 94.5 Å². The van der Waals surface area contributed by atoms with Crippen molar-refractivity contribution in [3.8, 4) is 11.4 Å². The number of unbranched alkanes of at least 4 members (excludes halogenated alkanes) is 2. The third-order valence-electron chi connectivity index (χ3n) is 21.4. The summed E-state index contributed by atoms with van der Waals surface area (Å²) in [6, 6.07) is 10.9. The number of benzene rings is 2. The number of nitrogens with one attached hydrogen (secondary N) is 3. The first kappa shape index (κ1) is 97.1. The molecule has 2 unspecified atom stereocenters. The van der Waals surface area contributed by atoms with Gasteiger partial charge in [0.25, 0.3) is 17.4 Å². The monoisotopic (exact) mass is 1710 g/mol. The zero-order chi connectivity index (χ0) is 91.5. The van der Waals surface area contributed by atoms with Crippen LogP contribution in [0.2, 0.25) is 0 Å². The Labute approximate surface area is 712 Å². The highest BCUT2D eigenvalue weighted by Crippen LogP contribution is 2.38. The SMILES string of the molecule is CC(=O)N(C)CC(=O)N(C)CC(=O)N(C)CC(=O)N(C)CC(=O)N(C)CC(=O)N(C)CC(=O)N(C)CC(=O)N(C)CC(=O)N(C)CC(=O)N(C)CC(=O)N(C)Cc1cc(NC(=O)[C@H](C)NC(=O)C(NC(=O)CCCCCN2C(=O)C=CC2=O)C(C)C)ccc1COC(=O)N(CCc1c2c(nc3ccccc13)-c1cc3c(c(=O)n1C2)COC(=O)C3O)C(C)C. The van der Waals surface area contributed by atoms with E-state index in [0.29, 0.717) is 52.9 Å². The number of nitrogens with zero attached hydrogens (tertiary/aromatic N) is 15. The number of imide groups is 1. The molecule has 40 heteroatoms. The highest BCUT2D eigenvalue weighted by atomic mass is 16.6. The lowest BCUT2D eigenvalue weighted by atomic mass is 9.97. The maximum absolute atomic E-state index is 14.5. The smallest absolute Gasteiger partial charge is 0.410 e. The highest BCUT2D eigenvalue weighted by Gasteiger charge is 2.37. The van der Waals surface area contributed by atoms with Gasteiger partial charge in [-0.25, -0.2) is 14.6 Å². The van der Waals surface area contributed by atoms with E-state index >= 15 is 0 Å². The van der Waals surface area contributed by atoms with Crippen molar-refractivity contribution in [2.24, 2.45) is 5.92 Å². The number of amides is 17. The molecule has 0 fully saturated rings. The first-order chi connectivity index (χ1) is 57.8. The number of esters is 1. The topological polar surface area (TPSA) is 459 Å². The molecule has 7 rings (SSSR count). The predicted molar refractivity (Wildman–Crippen MR) is 443 cm³/mol. The van der Waals surface area contributed by atoms with E-state index < -0.39 is 189 Å². The van der Waals surface area contributed by atoms with Crippen molar-refractivity contribution >= 4 is 123 Å². The van der Waals surface area contributed by atoms with E-state index in [1.54, 1.807) is 45.9 Å². The average Bonchev–Trinajstić information content (AvgIpc) is 1.58. The third kappa shape index (κ3) is 26.0. The first-order valence-electron chi connectivity index (χ1n) is 39.9. The summed E-state index contributed by atoms with van der Waals surface area (Å²) < 4.78 is 12.7. The molecule has 40 nitrogen and oxygen atoms in total. The molecular formula is C83H112N18O22. The molecule has 4 N–H and O–H groups in total. The summed E-state index contributed by atoms with van der Waals surface area (Å²) in [5, 5.41) is 19.8. The Morgan fingerprint density at radius 3 is 1.47 bits per heavy atom. The minimum atomic E-state index is -1.66. The van der Waals surface area contributed by atoms with E-state index in [2.05, 4.69) is 16.0 Å². The van der Waals surface area contributed by atoms with Crippen molar-refractivity contribution in [1.29, 1.82) is 0 Å². The summed E-state index contributed by atoms with van der Waals surface area (Å²) in [4.78, 5) is 269. The minimum absolute atomic E-state index is 0.0496. The molecular weight excluding hydrogens is 1600 g/mol. The maximum atomic E-state index is 14.5. The number of para-hydroxylation sites is 1. The first-order valence-corrected chi connectivity index (χ1v) is 39.9. The lowest BCUT2D eigenvalue weighted by Gasteiger charge is -2.28. The molecule has 0 saturated carbocycles. The second kappa shape index (κ2) is 43.5. The van der Waals surface area contributed by atoms with E-state index in [1.807, 2.05) is 24.3 Å². The number of carbonyl (C=O) groups excluding carboxylic acids is 18. The van der Waals surface area contributed by atoms with Crippen LogP contribution in [0.4, 0.5) is 10.5 Å². The van der Waals surface area contributed by atoms with E-state index in [0.717, 1.165) is 59.9 Å². The molecule has 5 heterocycles. The molecule has 2 aromatic carbocycles. The van der Waals surface area contributed by atoms with Gasteiger partial charge in [0.1, 0.15) is 25.3 Å². The van der Waals surface area contributed by atoms with Crippen molar-refractivity contribution in [1.82, 2.24) is 83.9 Å². The van der Waals surface area contributed by atoms with Crippen molar-refractivity contribution in [3.05, 3.63) is 104 Å². The zero-order valence-electron chi connectivity index (χ0n) is 72.7. The number of anilines is 1. The number of aromatic nitrogens is 2. The van der Waals surface area contributed by atoms with Gasteiger partial charge in [-0.3, -0.25) is 86.4 Å². The van der Waals surface area contributed by atoms with Crippen molar-refractivity contribution in [2.45, 2.75) is 124 Å². The van der Waals surface area contributed by atoms with Crippen LogP contribution >= 0.6 is 0 Å². The van der Waals surface area contributed by atoms with Crippen molar-refractivity contribution in [3.63, 3.8) is 0 Å². The number of rotatable bonds is 40. The number of aliphatic hydroxyl groups is 1. The Hall–Kier alpha value is -13.0. The molecule has 666 valence electrons. The molecule has 0 spiro atoms. The van der Waals surface area contributed by atoms with E-state index in [1.165, 1.54) is 129 Å². The lowest BCUT2D eigenvalue weighted by Crippen LogP contribution is -2.53. The summed E-state index contributed by atoms with van der Waals surface area (Å²) in [7, 11) is 14.7. The standard InChI is InChI=1S/C83H112N18O22/c1-49(2)76(87-63(103)25-19-18-22-31-100-64(104)28-29-65(100)105)80(118)84-51(5)79(117)85-55-27-26-53(47-123-83(121)99(50(3)4)32-30-56-57-23-20-21-24-61(57)86-77-59(56)36-101-62(77)34-58-60(81(101)119)48-122-82(120)78(58)116)54(33-55)35-89(8)67(107)38-91(10)69(109)40-93(12)71(111)42-95(14)73(113)44-97(16)75(115)46-98(17)74(114)45-96(15)72(112)43-94(13)70(110)41-92(11)68(108)39-90(9)66(106)37-88(7)52(6)102/h20-21,23-24,26-29,33-34,49-51,76,78,116H,18-19,22,25,30-32,35-48H2,1-17H3,(H,84,118)(H,85,117)(H,87,103)/t51-,76?,78?/m0/s1. The molecule has 123 heavy (non-hydrogen) atoms. The van der Waals surface area contributed by atoms with Crippen LogP contribution in [-0.4, -0.2) is 359 Å². The second-order valence-corrected chi connectivity index (χ2v) is 31.7. The number of fused-ring (bicyclic) bond motifs is 5. The molecule has 3 aliphatic heterocycles. The van der Waals surface area contributed by atoms with Gasteiger partial charge in [-0.05, 0) is 86.9 Å². The molecule has 0 aliphatic carbocycles. The second-order valence-electron chi connectivity index (χ2n) is 31.7. The Kier molecular flexibility index (Phi) is 34.3. The van der Waals surface area contributed by atoms with Gasteiger partial charge in [0, 0.05) is 151 Å². The quantitative estimate of drug-likeness (QED) is 0.0202. The van der Waals surface area contributed by atoms with Gasteiger partial charge < -0.3 is 93.9 Å². The molecule has 17 amide bonds. The van der Waals surface area contributed by atoms with Crippen LogP contribution in [0, 0.1) is 5.92 Å². The fourth-order valence-electron chi connectivity index (χ4n) is 13.2. The summed E-state index contributed by atoms with van der Waals surface area (Å²) in [6.07, 6.45) is 1.71. The fraction of sp³-hybridized carbons (Fsp3) is 0.518. The predicted octanol–water partition coefficient (Wildman–Crippen LogP) is -1.26. The third-order valence-corrected chi connectivity index (χ3v) is 21.4. The van der Waals surface area contributed by atoms with Crippen LogP contribution in [0.3, 0.4) is 0 Å². The van der Waals surface area contributed by atoms with Gasteiger partial charge in [0.2, 0.25) is 82.7 Å². The number of aliphatic hydroxyl groups excluding tert-OH is 1. The molecule has 0 radical (unpaired) electrons. The number of cyclic esters (lactones) is 1. The number of ether oxygens (including phenoxy) is 2. The normalized spacial score (nSPS) is 13.4. The van der Waals surface area contributed by atoms with Crippen LogP contribution < -0.4 is 21.5 Å². The lowest BCUT2D eigenvalue weighted by molar-refractivity contribution is -0.157. The Bertz CT molecular complexity index is 4850. The van der Waals surface area contributed by atoms with Gasteiger partial charge in [-0.15, -0.1) is 0 Å². The summed E-state index contributed by atoms with van der Waals surface area (Å²) >= 11 is 0. The molecule has 3 aliphatic rings. The molecule has 4 aromatic rings. The molecule has 2 aromatic heterocycles. The molecule has 0 bridgehead atoms. The summed E-state index contributed by atoms with van der Waals surface area (Å²) in [6.45, 7) is 4.53. The van der Waals surface area contributed by atoms with Gasteiger partial charge in [-0.1, -0.05) is 44.5 Å².